The van der Waals surface area contributed by atoms with Crippen molar-refractivity contribution in [2.24, 2.45) is 0 Å². The summed E-state index contributed by atoms with van der Waals surface area (Å²) in [5.41, 5.74) is 1.05. The van der Waals surface area contributed by atoms with E-state index in [9.17, 15) is 13.8 Å². The summed E-state index contributed by atoms with van der Waals surface area (Å²) in [6.07, 6.45) is 0. The third-order valence-electron chi connectivity index (χ3n) is 2.17. The molecule has 0 bridgehead atoms. The van der Waals surface area contributed by atoms with Crippen molar-refractivity contribution in [2.45, 2.75) is 11.8 Å². The SMILES string of the molecule is CC(=O)c1ccc2c(c1)S(=O)CC(=O)N2. The molecule has 0 saturated heterocycles. The summed E-state index contributed by atoms with van der Waals surface area (Å²) in [6, 6.07) is 4.80. The highest BCUT2D eigenvalue weighted by Gasteiger charge is 2.21. The average molecular weight is 223 g/mol. The van der Waals surface area contributed by atoms with Crippen LogP contribution in [0.25, 0.3) is 0 Å². The minimum atomic E-state index is -1.34. The minimum Gasteiger partial charge on any atom is -0.324 e. The van der Waals surface area contributed by atoms with E-state index in [1.54, 1.807) is 18.2 Å². The molecule has 1 aromatic rings. The van der Waals surface area contributed by atoms with Crippen LogP contribution >= 0.6 is 0 Å². The number of rotatable bonds is 1. The van der Waals surface area contributed by atoms with Gasteiger partial charge in [0.1, 0.15) is 5.75 Å². The second-order valence-electron chi connectivity index (χ2n) is 3.31. The number of carbonyl (C=O) groups excluding carboxylic acids is 2. The first kappa shape index (κ1) is 10.0. The smallest absolute Gasteiger partial charge is 0.237 e. The molecule has 0 aliphatic carbocycles. The van der Waals surface area contributed by atoms with Gasteiger partial charge in [0.25, 0.3) is 0 Å². The first-order chi connectivity index (χ1) is 7.08. The summed E-state index contributed by atoms with van der Waals surface area (Å²) in [5.74, 6) is -0.364. The van der Waals surface area contributed by atoms with E-state index in [4.69, 9.17) is 0 Å². The van der Waals surface area contributed by atoms with Gasteiger partial charge in [-0.05, 0) is 25.1 Å². The van der Waals surface area contributed by atoms with Crippen LogP contribution in [0.4, 0.5) is 5.69 Å². The van der Waals surface area contributed by atoms with Crippen LogP contribution in [0.1, 0.15) is 17.3 Å². The Kier molecular flexibility index (Phi) is 2.40. The largest absolute Gasteiger partial charge is 0.324 e. The van der Waals surface area contributed by atoms with Gasteiger partial charge in [-0.3, -0.25) is 13.8 Å². The third-order valence-corrected chi connectivity index (χ3v) is 3.52. The summed E-state index contributed by atoms with van der Waals surface area (Å²) in [4.78, 5) is 22.7. The Balaban J connectivity index is 2.52. The van der Waals surface area contributed by atoms with E-state index in [1.165, 1.54) is 6.92 Å². The molecule has 0 spiro atoms. The molecule has 1 atom stereocenters. The van der Waals surface area contributed by atoms with Gasteiger partial charge in [0.2, 0.25) is 5.91 Å². The zero-order chi connectivity index (χ0) is 11.0. The number of Topliss-reactive ketones (excluding diaryl/α,β-unsaturated/α-hetero) is 1. The Morgan fingerprint density at radius 1 is 1.47 bits per heavy atom. The van der Waals surface area contributed by atoms with Crippen molar-refractivity contribution < 1.29 is 13.8 Å². The average Bonchev–Trinajstić information content (AvgIpc) is 2.16. The van der Waals surface area contributed by atoms with Gasteiger partial charge in [-0.15, -0.1) is 0 Å². The van der Waals surface area contributed by atoms with Crippen molar-refractivity contribution in [1.29, 1.82) is 0 Å². The Labute approximate surface area is 89.1 Å². The van der Waals surface area contributed by atoms with Crippen LogP contribution in [0.15, 0.2) is 23.1 Å². The fourth-order valence-electron chi connectivity index (χ4n) is 1.42. The van der Waals surface area contributed by atoms with Gasteiger partial charge in [-0.1, -0.05) is 0 Å². The molecule has 1 aliphatic heterocycles. The summed E-state index contributed by atoms with van der Waals surface area (Å²) in [5, 5.41) is 2.61. The highest BCUT2D eigenvalue weighted by Crippen LogP contribution is 2.25. The molecule has 1 N–H and O–H groups in total. The van der Waals surface area contributed by atoms with Gasteiger partial charge in [0.05, 0.1) is 21.4 Å². The zero-order valence-electron chi connectivity index (χ0n) is 8.07. The Hall–Kier alpha value is -1.49. The number of anilines is 1. The van der Waals surface area contributed by atoms with Crippen LogP contribution < -0.4 is 5.32 Å². The monoisotopic (exact) mass is 223 g/mol. The molecule has 4 nitrogen and oxygen atoms in total. The molecule has 0 saturated carbocycles. The Morgan fingerprint density at radius 3 is 2.87 bits per heavy atom. The van der Waals surface area contributed by atoms with Crippen LogP contribution in [0.5, 0.6) is 0 Å². The fraction of sp³-hybridized carbons (Fsp3) is 0.200. The molecule has 0 fully saturated rings. The Morgan fingerprint density at radius 2 is 2.20 bits per heavy atom. The molecule has 1 unspecified atom stereocenters. The second-order valence-corrected chi connectivity index (χ2v) is 4.72. The van der Waals surface area contributed by atoms with Crippen molar-refractivity contribution in [3.05, 3.63) is 23.8 Å². The van der Waals surface area contributed by atoms with Gasteiger partial charge in [-0.25, -0.2) is 0 Å². The highest BCUT2D eigenvalue weighted by molar-refractivity contribution is 7.86. The maximum Gasteiger partial charge on any atom is 0.237 e. The first-order valence-electron chi connectivity index (χ1n) is 4.41. The molecule has 0 aromatic heterocycles. The van der Waals surface area contributed by atoms with Crippen molar-refractivity contribution in [2.75, 3.05) is 11.1 Å². The topological polar surface area (TPSA) is 63.2 Å². The van der Waals surface area contributed by atoms with E-state index in [0.29, 0.717) is 16.1 Å². The van der Waals surface area contributed by atoms with Crippen LogP contribution in [-0.2, 0) is 15.6 Å². The molecule has 1 amide bonds. The van der Waals surface area contributed by atoms with Gasteiger partial charge >= 0.3 is 0 Å². The van der Waals surface area contributed by atoms with E-state index in [2.05, 4.69) is 5.32 Å². The number of carbonyl (C=O) groups is 2. The van der Waals surface area contributed by atoms with E-state index in [0.717, 1.165) is 0 Å². The van der Waals surface area contributed by atoms with Crippen LogP contribution in [-0.4, -0.2) is 21.7 Å². The predicted octanol–water partition coefficient (Wildman–Crippen LogP) is 0.949. The van der Waals surface area contributed by atoms with E-state index in [-0.39, 0.29) is 17.4 Å². The summed E-state index contributed by atoms with van der Waals surface area (Å²) in [7, 11) is -1.34. The minimum absolute atomic E-state index is 0.0334. The van der Waals surface area contributed by atoms with Crippen LogP contribution in [0.3, 0.4) is 0 Å². The molecule has 2 rings (SSSR count). The lowest BCUT2D eigenvalue weighted by molar-refractivity contribution is -0.113. The molecule has 1 heterocycles. The van der Waals surface area contributed by atoms with E-state index in [1.807, 2.05) is 0 Å². The molecule has 0 radical (unpaired) electrons. The third kappa shape index (κ3) is 1.83. The lowest BCUT2D eigenvalue weighted by Gasteiger charge is -2.16. The maximum atomic E-state index is 11.6. The van der Waals surface area contributed by atoms with Gasteiger partial charge in [-0.2, -0.15) is 0 Å². The van der Waals surface area contributed by atoms with Crippen LogP contribution in [0, 0.1) is 0 Å². The first-order valence-corrected chi connectivity index (χ1v) is 5.73. The molecule has 1 aromatic carbocycles. The number of nitrogens with one attached hydrogen (secondary N) is 1. The normalized spacial score (nSPS) is 19.3. The molecular formula is C10H9NO3S. The number of hydrogen-bond acceptors (Lipinski definition) is 3. The van der Waals surface area contributed by atoms with E-state index < -0.39 is 10.8 Å². The summed E-state index contributed by atoms with van der Waals surface area (Å²) in [6.45, 7) is 1.45. The predicted molar refractivity (Wildman–Crippen MR) is 56.4 cm³/mol. The maximum absolute atomic E-state index is 11.6. The van der Waals surface area contributed by atoms with Crippen LogP contribution in [0.2, 0.25) is 0 Å². The van der Waals surface area contributed by atoms with E-state index >= 15 is 0 Å². The lowest BCUT2D eigenvalue weighted by Crippen LogP contribution is -2.25. The number of fused-ring (bicyclic) bond motifs is 1. The molecule has 5 heteroatoms. The fourth-order valence-corrected chi connectivity index (χ4v) is 2.50. The number of amides is 1. The molecule has 15 heavy (non-hydrogen) atoms. The van der Waals surface area contributed by atoms with Crippen molar-refractivity contribution in [3.63, 3.8) is 0 Å². The molecular weight excluding hydrogens is 214 g/mol. The van der Waals surface area contributed by atoms with Crippen molar-refractivity contribution >= 4 is 28.2 Å². The number of hydrogen-bond donors (Lipinski definition) is 1. The quantitative estimate of drug-likeness (QED) is 0.721. The summed E-state index contributed by atoms with van der Waals surface area (Å²) >= 11 is 0. The zero-order valence-corrected chi connectivity index (χ0v) is 8.89. The van der Waals surface area contributed by atoms with Crippen molar-refractivity contribution in [3.8, 4) is 0 Å². The standard InChI is InChI=1S/C10H9NO3S/c1-6(12)7-2-3-8-9(4-7)15(14)5-10(13)11-8/h2-4H,5H2,1H3,(H,11,13). The summed E-state index contributed by atoms with van der Waals surface area (Å²) < 4.78 is 11.6. The van der Waals surface area contributed by atoms with Gasteiger partial charge < -0.3 is 5.32 Å². The van der Waals surface area contributed by atoms with Gasteiger partial charge in [0.15, 0.2) is 5.78 Å². The lowest BCUT2D eigenvalue weighted by atomic mass is 10.1. The van der Waals surface area contributed by atoms with Crippen molar-refractivity contribution in [1.82, 2.24) is 0 Å². The molecule has 78 valence electrons. The number of ketones is 1. The number of benzene rings is 1. The highest BCUT2D eigenvalue weighted by atomic mass is 32.2. The second kappa shape index (κ2) is 3.58. The van der Waals surface area contributed by atoms with Gasteiger partial charge in [0, 0.05) is 5.56 Å². The molecule has 1 aliphatic rings. The Bertz CT molecular complexity index is 482.